The Balaban J connectivity index is 1.27. The number of aryl methyl sites for hydroxylation is 2. The van der Waals surface area contributed by atoms with Crippen molar-refractivity contribution >= 4 is 10.8 Å². The molecule has 4 heteroatoms. The van der Waals surface area contributed by atoms with Crippen LogP contribution in [-0.2, 0) is 26.6 Å². The van der Waals surface area contributed by atoms with Crippen molar-refractivity contribution in [1.29, 1.82) is 0 Å². The molecule has 0 unspecified atom stereocenters. The van der Waals surface area contributed by atoms with Crippen molar-refractivity contribution in [3.05, 3.63) is 102 Å². The lowest BCUT2D eigenvalue weighted by molar-refractivity contribution is 0.182. The van der Waals surface area contributed by atoms with E-state index >= 15 is 0 Å². The first-order valence-corrected chi connectivity index (χ1v) is 12.3. The van der Waals surface area contributed by atoms with E-state index in [2.05, 4.69) is 102 Å². The summed E-state index contributed by atoms with van der Waals surface area (Å²) in [6.45, 7) is 3.20. The largest absolute Gasteiger partial charge is 0.494 e. The molecule has 4 aromatic rings. The summed E-state index contributed by atoms with van der Waals surface area (Å²) >= 11 is 0. The lowest BCUT2D eigenvalue weighted by atomic mass is 10.1. The number of ether oxygens (including phenoxy) is 1. The molecule has 1 N–H and O–H groups in total. The second-order valence-corrected chi connectivity index (χ2v) is 9.03. The maximum Gasteiger partial charge on any atom is 0.119 e. The van der Waals surface area contributed by atoms with Gasteiger partial charge >= 0.3 is 0 Å². The number of aromatic nitrogens is 1. The number of rotatable bonds is 13. The second kappa shape index (κ2) is 12.4. The molecule has 1 heterocycles. The fraction of sp³-hybridized carbons (Fsp3) is 0.333. The summed E-state index contributed by atoms with van der Waals surface area (Å²) in [5.41, 5.74) is 3.91. The molecule has 0 amide bonds. The van der Waals surface area contributed by atoms with E-state index in [1.807, 2.05) is 0 Å². The van der Waals surface area contributed by atoms with Crippen LogP contribution in [0.5, 0.6) is 5.75 Å². The van der Waals surface area contributed by atoms with Crippen LogP contribution in [0, 0.1) is 0 Å². The summed E-state index contributed by atoms with van der Waals surface area (Å²) < 4.78 is 8.16. The molecule has 0 bridgehead atoms. The van der Waals surface area contributed by atoms with Crippen molar-refractivity contribution in [2.75, 3.05) is 19.8 Å². The SMILES string of the molecule is Cn1cccc1CN(CCO)Cc1ccc2cc(OCCCCCc3ccccc3)ccc2c1. The third-order valence-electron chi connectivity index (χ3n) is 6.36. The van der Waals surface area contributed by atoms with Gasteiger partial charge in [-0.15, -0.1) is 0 Å². The van der Waals surface area contributed by atoms with Gasteiger partial charge in [-0.2, -0.15) is 0 Å². The van der Waals surface area contributed by atoms with Gasteiger partial charge in [0, 0.05) is 38.6 Å². The average molecular weight is 457 g/mol. The molecular formula is C30H36N2O2. The van der Waals surface area contributed by atoms with E-state index in [9.17, 15) is 5.11 Å². The van der Waals surface area contributed by atoms with Gasteiger partial charge in [0.2, 0.25) is 0 Å². The van der Waals surface area contributed by atoms with Gasteiger partial charge in [-0.25, -0.2) is 0 Å². The summed E-state index contributed by atoms with van der Waals surface area (Å²) in [6.07, 6.45) is 6.66. The molecule has 0 aliphatic carbocycles. The molecule has 1 aromatic heterocycles. The summed E-state index contributed by atoms with van der Waals surface area (Å²) in [5.74, 6) is 0.939. The Kier molecular flexibility index (Phi) is 8.78. The Hall–Kier alpha value is -3.08. The van der Waals surface area contributed by atoms with Crippen molar-refractivity contribution in [3.63, 3.8) is 0 Å². The Labute approximate surface area is 203 Å². The summed E-state index contributed by atoms with van der Waals surface area (Å²) in [7, 11) is 2.06. The van der Waals surface area contributed by atoms with Gasteiger partial charge in [0.05, 0.1) is 13.2 Å². The van der Waals surface area contributed by atoms with Crippen LogP contribution in [0.25, 0.3) is 10.8 Å². The zero-order chi connectivity index (χ0) is 23.6. The molecule has 0 aliphatic heterocycles. The van der Waals surface area contributed by atoms with Gasteiger partial charge in [0.1, 0.15) is 5.75 Å². The van der Waals surface area contributed by atoms with E-state index in [1.54, 1.807) is 0 Å². The molecule has 4 rings (SSSR count). The standard InChI is InChI=1S/C30H36N2O2/c1-31-17-8-12-29(31)24-32(18-19-33)23-26-13-14-28-22-30(16-15-27(28)21-26)34-20-7-3-6-11-25-9-4-2-5-10-25/h2,4-5,8-10,12-17,21-22,33H,3,6-7,11,18-20,23-24H2,1H3. The third kappa shape index (κ3) is 6.96. The van der Waals surface area contributed by atoms with Crippen LogP contribution in [0.1, 0.15) is 36.1 Å². The van der Waals surface area contributed by atoms with Crippen LogP contribution in [0.4, 0.5) is 0 Å². The fourth-order valence-electron chi connectivity index (χ4n) is 4.41. The first kappa shape index (κ1) is 24.1. The predicted molar refractivity (Wildman–Crippen MR) is 140 cm³/mol. The van der Waals surface area contributed by atoms with E-state index in [4.69, 9.17) is 4.74 Å². The minimum atomic E-state index is 0.158. The minimum Gasteiger partial charge on any atom is -0.494 e. The molecule has 0 radical (unpaired) electrons. The number of hydrogen-bond acceptors (Lipinski definition) is 3. The van der Waals surface area contributed by atoms with Gasteiger partial charge in [0.15, 0.2) is 0 Å². The molecule has 4 nitrogen and oxygen atoms in total. The van der Waals surface area contributed by atoms with E-state index < -0.39 is 0 Å². The van der Waals surface area contributed by atoms with Crippen molar-refractivity contribution in [2.24, 2.45) is 7.05 Å². The van der Waals surface area contributed by atoms with E-state index in [0.717, 1.165) is 38.3 Å². The summed E-state index contributed by atoms with van der Waals surface area (Å²) in [6, 6.07) is 27.9. The Bertz CT molecular complexity index is 1150. The monoisotopic (exact) mass is 456 g/mol. The molecule has 0 fully saturated rings. The summed E-state index contributed by atoms with van der Waals surface area (Å²) in [4.78, 5) is 2.28. The smallest absolute Gasteiger partial charge is 0.119 e. The maximum atomic E-state index is 9.52. The van der Waals surface area contributed by atoms with Gasteiger partial charge in [-0.05, 0) is 77.9 Å². The van der Waals surface area contributed by atoms with Crippen LogP contribution in [0.3, 0.4) is 0 Å². The maximum absolute atomic E-state index is 9.52. The lowest BCUT2D eigenvalue weighted by Crippen LogP contribution is -2.27. The summed E-state index contributed by atoms with van der Waals surface area (Å²) in [5, 5.41) is 11.9. The van der Waals surface area contributed by atoms with Crippen LogP contribution < -0.4 is 4.74 Å². The average Bonchev–Trinajstić information content (AvgIpc) is 3.26. The van der Waals surface area contributed by atoms with Gasteiger partial charge in [-0.3, -0.25) is 4.90 Å². The number of hydrogen-bond donors (Lipinski definition) is 1. The molecule has 0 saturated heterocycles. The highest BCUT2D eigenvalue weighted by Crippen LogP contribution is 2.23. The molecule has 0 atom stereocenters. The van der Waals surface area contributed by atoms with E-state index in [0.29, 0.717) is 6.54 Å². The number of aliphatic hydroxyl groups excluding tert-OH is 1. The highest BCUT2D eigenvalue weighted by molar-refractivity contribution is 5.84. The first-order chi connectivity index (χ1) is 16.7. The van der Waals surface area contributed by atoms with Gasteiger partial charge in [0.25, 0.3) is 0 Å². The number of fused-ring (bicyclic) bond motifs is 1. The third-order valence-corrected chi connectivity index (χ3v) is 6.36. The Morgan fingerprint density at radius 1 is 0.794 bits per heavy atom. The van der Waals surface area contributed by atoms with Gasteiger partial charge in [-0.1, -0.05) is 48.5 Å². The van der Waals surface area contributed by atoms with Crippen LogP contribution in [-0.4, -0.2) is 34.3 Å². The molecule has 0 spiro atoms. The zero-order valence-corrected chi connectivity index (χ0v) is 20.2. The van der Waals surface area contributed by atoms with Crippen molar-refractivity contribution < 1.29 is 9.84 Å². The molecule has 0 aliphatic rings. The molecule has 178 valence electrons. The van der Waals surface area contributed by atoms with E-state index in [1.165, 1.54) is 40.4 Å². The van der Waals surface area contributed by atoms with Gasteiger partial charge < -0.3 is 14.4 Å². The van der Waals surface area contributed by atoms with Crippen LogP contribution in [0.15, 0.2) is 85.1 Å². The molecule has 0 saturated carbocycles. The Morgan fingerprint density at radius 3 is 2.41 bits per heavy atom. The number of unbranched alkanes of at least 4 members (excludes halogenated alkanes) is 2. The Morgan fingerprint density at radius 2 is 1.62 bits per heavy atom. The topological polar surface area (TPSA) is 37.6 Å². The zero-order valence-electron chi connectivity index (χ0n) is 20.2. The quantitative estimate of drug-likeness (QED) is 0.252. The van der Waals surface area contributed by atoms with Crippen LogP contribution >= 0.6 is 0 Å². The number of nitrogens with zero attached hydrogens (tertiary/aromatic N) is 2. The van der Waals surface area contributed by atoms with E-state index in [-0.39, 0.29) is 6.61 Å². The molecule has 34 heavy (non-hydrogen) atoms. The lowest BCUT2D eigenvalue weighted by Gasteiger charge is -2.22. The molecular weight excluding hydrogens is 420 g/mol. The predicted octanol–water partition coefficient (Wildman–Crippen LogP) is 5.96. The molecule has 3 aromatic carbocycles. The first-order valence-electron chi connectivity index (χ1n) is 12.3. The fourth-order valence-corrected chi connectivity index (χ4v) is 4.41. The number of benzene rings is 3. The van der Waals surface area contributed by atoms with Crippen molar-refractivity contribution in [2.45, 2.75) is 38.8 Å². The van der Waals surface area contributed by atoms with Crippen molar-refractivity contribution in [1.82, 2.24) is 9.47 Å². The normalized spacial score (nSPS) is 11.4. The number of aliphatic hydroxyl groups is 1. The highest BCUT2D eigenvalue weighted by atomic mass is 16.5. The van der Waals surface area contributed by atoms with Crippen LogP contribution in [0.2, 0.25) is 0 Å². The van der Waals surface area contributed by atoms with Crippen molar-refractivity contribution in [3.8, 4) is 5.75 Å². The minimum absolute atomic E-state index is 0.158. The second-order valence-electron chi connectivity index (χ2n) is 9.03. The highest BCUT2D eigenvalue weighted by Gasteiger charge is 2.09.